The Labute approximate surface area is 129 Å². The van der Waals surface area contributed by atoms with Crippen LogP contribution in [0, 0.1) is 0 Å². The fourth-order valence-corrected chi connectivity index (χ4v) is 1.88. The van der Waals surface area contributed by atoms with Gasteiger partial charge in [-0.3, -0.25) is 0 Å². The number of nitrogens with two attached hydrogens (primary N) is 1. The Bertz CT molecular complexity index is 624. The summed E-state index contributed by atoms with van der Waals surface area (Å²) in [5.74, 6) is 0.842. The van der Waals surface area contributed by atoms with E-state index in [4.69, 9.17) is 26.8 Å². The van der Waals surface area contributed by atoms with Gasteiger partial charge in [0.05, 0.1) is 5.69 Å². The Morgan fingerprint density at radius 1 is 1.19 bits per heavy atom. The van der Waals surface area contributed by atoms with Crippen LogP contribution in [0.3, 0.4) is 0 Å². The summed E-state index contributed by atoms with van der Waals surface area (Å²) in [7, 11) is 0. The first-order chi connectivity index (χ1) is 9.83. The zero-order chi connectivity index (χ0) is 15.5. The number of anilines is 1. The largest absolute Gasteiger partial charge is 0.473 e. The monoisotopic (exact) mass is 306 g/mol. The highest BCUT2D eigenvalue weighted by molar-refractivity contribution is 6.30. The van der Waals surface area contributed by atoms with Crippen molar-refractivity contribution in [1.82, 2.24) is 4.98 Å². The van der Waals surface area contributed by atoms with E-state index in [0.717, 1.165) is 5.56 Å². The first-order valence-electron chi connectivity index (χ1n) is 6.66. The van der Waals surface area contributed by atoms with Crippen LogP contribution in [-0.2, 0) is 6.61 Å². The molecule has 0 bridgehead atoms. The number of hydrogen-bond donors (Lipinski definition) is 1. The van der Waals surface area contributed by atoms with E-state index in [9.17, 15) is 0 Å². The molecule has 0 aliphatic carbocycles. The summed E-state index contributed by atoms with van der Waals surface area (Å²) in [6.45, 7) is 6.20. The van der Waals surface area contributed by atoms with Crippen LogP contribution in [0.25, 0.3) is 0 Å². The molecule has 0 radical (unpaired) electrons. The molecule has 0 aliphatic rings. The van der Waals surface area contributed by atoms with Crippen LogP contribution in [0.2, 0.25) is 5.02 Å². The van der Waals surface area contributed by atoms with Crippen LogP contribution < -0.4 is 15.2 Å². The lowest BCUT2D eigenvalue weighted by Gasteiger charge is -2.21. The molecule has 4 nitrogen and oxygen atoms in total. The van der Waals surface area contributed by atoms with E-state index in [2.05, 4.69) is 4.98 Å². The van der Waals surface area contributed by atoms with Crippen LogP contribution in [0.15, 0.2) is 36.4 Å². The van der Waals surface area contributed by atoms with Crippen molar-refractivity contribution in [2.45, 2.75) is 33.0 Å². The summed E-state index contributed by atoms with van der Waals surface area (Å²) in [6.07, 6.45) is 0. The molecular weight excluding hydrogens is 288 g/mol. The third kappa shape index (κ3) is 4.83. The van der Waals surface area contributed by atoms with Crippen LogP contribution in [0.1, 0.15) is 26.3 Å². The minimum Gasteiger partial charge on any atom is -0.473 e. The van der Waals surface area contributed by atoms with Gasteiger partial charge in [0.2, 0.25) is 11.8 Å². The topological polar surface area (TPSA) is 57.4 Å². The van der Waals surface area contributed by atoms with Gasteiger partial charge in [-0.05, 0) is 44.5 Å². The average Bonchev–Trinajstić information content (AvgIpc) is 2.38. The van der Waals surface area contributed by atoms with Gasteiger partial charge in [0, 0.05) is 11.1 Å². The number of halogens is 1. The molecule has 0 saturated carbocycles. The van der Waals surface area contributed by atoms with Gasteiger partial charge in [-0.15, -0.1) is 0 Å². The second-order valence-corrected chi connectivity index (χ2v) is 6.11. The van der Waals surface area contributed by atoms with E-state index in [-0.39, 0.29) is 5.60 Å². The number of pyridine rings is 1. The van der Waals surface area contributed by atoms with Gasteiger partial charge in [0.1, 0.15) is 12.2 Å². The maximum Gasteiger partial charge on any atom is 0.241 e. The first-order valence-corrected chi connectivity index (χ1v) is 7.04. The minimum atomic E-state index is -0.368. The van der Waals surface area contributed by atoms with E-state index in [1.165, 1.54) is 0 Å². The van der Waals surface area contributed by atoms with Gasteiger partial charge in [0.15, 0.2) is 0 Å². The number of aromatic nitrogens is 1. The van der Waals surface area contributed by atoms with Gasteiger partial charge >= 0.3 is 0 Å². The van der Waals surface area contributed by atoms with Crippen molar-refractivity contribution >= 4 is 17.3 Å². The molecule has 0 atom stereocenters. The van der Waals surface area contributed by atoms with Crippen molar-refractivity contribution in [3.8, 4) is 11.8 Å². The fourth-order valence-electron chi connectivity index (χ4n) is 1.67. The Hall–Kier alpha value is -1.94. The van der Waals surface area contributed by atoms with E-state index in [1.807, 2.05) is 45.0 Å². The van der Waals surface area contributed by atoms with Crippen molar-refractivity contribution in [1.29, 1.82) is 0 Å². The minimum absolute atomic E-state index is 0.368. The van der Waals surface area contributed by atoms with Gasteiger partial charge in [-0.2, -0.15) is 4.98 Å². The van der Waals surface area contributed by atoms with E-state index < -0.39 is 0 Å². The third-order valence-corrected chi connectivity index (χ3v) is 2.78. The molecular formula is C16H19ClN2O2. The summed E-state index contributed by atoms with van der Waals surface area (Å²) >= 11 is 5.94. The zero-order valence-electron chi connectivity index (χ0n) is 12.4. The maximum absolute atomic E-state index is 5.94. The molecule has 0 aliphatic heterocycles. The summed E-state index contributed by atoms with van der Waals surface area (Å²) in [6, 6.07) is 10.9. The lowest BCUT2D eigenvalue weighted by molar-refractivity contribution is 0.123. The predicted octanol–water partition coefficient (Wildman–Crippen LogP) is 4.07. The molecule has 2 N–H and O–H groups in total. The molecule has 0 saturated heterocycles. The summed E-state index contributed by atoms with van der Waals surface area (Å²) < 4.78 is 11.4. The standard InChI is InChI=1S/C16H19ClN2O2/c1-16(2,3)21-15-13(18)7-8-14(19-15)20-10-11-5-4-6-12(17)9-11/h4-9H,10,18H2,1-3H3. The summed E-state index contributed by atoms with van der Waals surface area (Å²) in [5, 5.41) is 0.679. The SMILES string of the molecule is CC(C)(C)Oc1nc(OCc2cccc(Cl)c2)ccc1N. The Morgan fingerprint density at radius 2 is 1.95 bits per heavy atom. The molecule has 0 spiro atoms. The number of rotatable bonds is 4. The van der Waals surface area contributed by atoms with Crippen LogP contribution in [0.4, 0.5) is 5.69 Å². The second kappa shape index (κ2) is 6.22. The van der Waals surface area contributed by atoms with E-state index >= 15 is 0 Å². The third-order valence-electron chi connectivity index (χ3n) is 2.54. The van der Waals surface area contributed by atoms with Crippen LogP contribution in [0.5, 0.6) is 11.8 Å². The molecule has 2 rings (SSSR count). The number of hydrogen-bond acceptors (Lipinski definition) is 4. The van der Waals surface area contributed by atoms with Crippen molar-refractivity contribution in [3.63, 3.8) is 0 Å². The second-order valence-electron chi connectivity index (χ2n) is 5.68. The van der Waals surface area contributed by atoms with Gasteiger partial charge in [0.25, 0.3) is 0 Å². The first kappa shape index (κ1) is 15.4. The number of ether oxygens (including phenoxy) is 2. The quantitative estimate of drug-likeness (QED) is 0.925. The zero-order valence-corrected chi connectivity index (χ0v) is 13.1. The lowest BCUT2D eigenvalue weighted by atomic mass is 10.2. The van der Waals surface area contributed by atoms with Gasteiger partial charge in [-0.25, -0.2) is 0 Å². The smallest absolute Gasteiger partial charge is 0.241 e. The molecule has 1 aromatic carbocycles. The summed E-state index contributed by atoms with van der Waals surface area (Å²) in [5.41, 5.74) is 6.95. The molecule has 21 heavy (non-hydrogen) atoms. The summed E-state index contributed by atoms with van der Waals surface area (Å²) in [4.78, 5) is 4.29. The van der Waals surface area contributed by atoms with Gasteiger partial charge < -0.3 is 15.2 Å². The number of nitrogen functional groups attached to an aromatic ring is 1. The van der Waals surface area contributed by atoms with E-state index in [1.54, 1.807) is 12.1 Å². The Morgan fingerprint density at radius 3 is 2.62 bits per heavy atom. The molecule has 1 aromatic heterocycles. The highest BCUT2D eigenvalue weighted by atomic mass is 35.5. The van der Waals surface area contributed by atoms with Crippen molar-refractivity contribution in [2.75, 3.05) is 5.73 Å². The highest BCUT2D eigenvalue weighted by Crippen LogP contribution is 2.26. The van der Waals surface area contributed by atoms with Crippen molar-refractivity contribution in [2.24, 2.45) is 0 Å². The number of benzene rings is 1. The normalized spacial score (nSPS) is 11.2. The van der Waals surface area contributed by atoms with Gasteiger partial charge in [-0.1, -0.05) is 23.7 Å². The fraction of sp³-hybridized carbons (Fsp3) is 0.312. The molecule has 0 unspecified atom stereocenters. The molecule has 0 amide bonds. The lowest BCUT2D eigenvalue weighted by Crippen LogP contribution is -2.24. The van der Waals surface area contributed by atoms with Crippen molar-refractivity contribution < 1.29 is 9.47 Å². The molecule has 5 heteroatoms. The maximum atomic E-state index is 5.94. The van der Waals surface area contributed by atoms with Crippen LogP contribution in [-0.4, -0.2) is 10.6 Å². The van der Waals surface area contributed by atoms with E-state index in [0.29, 0.717) is 29.1 Å². The predicted molar refractivity (Wildman–Crippen MR) is 84.8 cm³/mol. The molecule has 1 heterocycles. The Kier molecular flexibility index (Phi) is 4.58. The molecule has 0 fully saturated rings. The molecule has 2 aromatic rings. The van der Waals surface area contributed by atoms with Crippen molar-refractivity contribution in [3.05, 3.63) is 47.0 Å². The molecule has 112 valence electrons. The Balaban J connectivity index is 2.09. The average molecular weight is 307 g/mol. The number of nitrogens with zero attached hydrogens (tertiary/aromatic N) is 1. The van der Waals surface area contributed by atoms with Crippen LogP contribution >= 0.6 is 11.6 Å². The highest BCUT2D eigenvalue weighted by Gasteiger charge is 2.15.